The van der Waals surface area contributed by atoms with Crippen LogP contribution in [0.3, 0.4) is 0 Å². The highest BCUT2D eigenvalue weighted by Crippen LogP contribution is 2.31. The van der Waals surface area contributed by atoms with E-state index in [1.807, 2.05) is 6.92 Å². The molecule has 0 aliphatic rings. The number of aromatic nitrogens is 1. The molecular weight excluding hydrogens is 362 g/mol. The minimum absolute atomic E-state index is 0.0793. The third kappa shape index (κ3) is 5.60. The minimum atomic E-state index is -2.86. The maximum Gasteiger partial charge on any atom is 0.387 e. The number of benzene rings is 1. The molecule has 1 amide bonds. The van der Waals surface area contributed by atoms with Crippen molar-refractivity contribution in [3.63, 3.8) is 0 Å². The second-order valence-electron chi connectivity index (χ2n) is 5.41. The predicted octanol–water partition coefficient (Wildman–Crippen LogP) is 4.64. The summed E-state index contributed by atoms with van der Waals surface area (Å²) in [6, 6.07) is 6.20. The van der Waals surface area contributed by atoms with Crippen molar-refractivity contribution in [2.75, 3.05) is 11.9 Å². The summed E-state index contributed by atoms with van der Waals surface area (Å²) in [5.74, 6) is -0.203. The lowest BCUT2D eigenvalue weighted by atomic mass is 10.1. The lowest BCUT2D eigenvalue weighted by Gasteiger charge is -2.11. The van der Waals surface area contributed by atoms with Gasteiger partial charge in [-0.3, -0.25) is 10.1 Å². The summed E-state index contributed by atoms with van der Waals surface area (Å²) < 4.78 is 34.1. The number of alkyl halides is 2. The first-order valence-electron chi connectivity index (χ1n) is 7.96. The monoisotopic (exact) mass is 382 g/mol. The van der Waals surface area contributed by atoms with Crippen molar-refractivity contribution in [1.82, 2.24) is 4.98 Å². The number of hydrogen-bond acceptors (Lipinski definition) is 5. The van der Waals surface area contributed by atoms with E-state index in [0.717, 1.165) is 10.4 Å². The molecule has 8 heteroatoms. The van der Waals surface area contributed by atoms with Crippen molar-refractivity contribution < 1.29 is 23.0 Å². The fourth-order valence-electron chi connectivity index (χ4n) is 2.12. The number of aryl methyl sites for hydroxylation is 1. The maximum absolute atomic E-state index is 12.2. The quantitative estimate of drug-likeness (QED) is 0.507. The molecule has 0 aliphatic heterocycles. The summed E-state index contributed by atoms with van der Waals surface area (Å²) >= 11 is 1.33. The molecule has 5 nitrogen and oxygen atoms in total. The fourth-order valence-corrected chi connectivity index (χ4v) is 2.96. The van der Waals surface area contributed by atoms with E-state index in [2.05, 4.69) is 21.6 Å². The first kappa shape index (κ1) is 20.0. The molecular formula is C18H20F2N2O3S. The Bertz CT molecular complexity index is 747. The summed E-state index contributed by atoms with van der Waals surface area (Å²) in [4.78, 5) is 17.4. The zero-order valence-corrected chi connectivity index (χ0v) is 15.3. The number of carbonyl (C=O) groups excluding carboxylic acids is 1. The Labute approximate surface area is 154 Å². The molecule has 2 rings (SSSR count). The van der Waals surface area contributed by atoms with Gasteiger partial charge < -0.3 is 9.47 Å². The molecule has 1 unspecified atom stereocenters. The van der Waals surface area contributed by atoms with Crippen molar-refractivity contribution in [2.24, 2.45) is 0 Å². The number of carbonyl (C=O) groups is 1. The van der Waals surface area contributed by atoms with Crippen LogP contribution in [0.1, 0.15) is 18.2 Å². The highest BCUT2D eigenvalue weighted by atomic mass is 32.1. The number of nitrogens with zero attached hydrogens (tertiary/aromatic N) is 1. The van der Waals surface area contributed by atoms with Gasteiger partial charge in [0.1, 0.15) is 11.9 Å². The Kier molecular flexibility index (Phi) is 7.23. The molecule has 1 aromatic heterocycles. The van der Waals surface area contributed by atoms with Crippen molar-refractivity contribution >= 4 is 22.4 Å². The van der Waals surface area contributed by atoms with Crippen LogP contribution in [0.5, 0.6) is 5.75 Å². The molecule has 0 bridgehead atoms. The lowest BCUT2D eigenvalue weighted by Crippen LogP contribution is -2.27. The topological polar surface area (TPSA) is 60.5 Å². The van der Waals surface area contributed by atoms with E-state index in [9.17, 15) is 13.6 Å². The Morgan fingerprint density at radius 2 is 2.08 bits per heavy atom. The van der Waals surface area contributed by atoms with Crippen LogP contribution >= 0.6 is 11.3 Å². The van der Waals surface area contributed by atoms with E-state index in [1.54, 1.807) is 25.1 Å². The first-order chi connectivity index (χ1) is 12.4. The second-order valence-corrected chi connectivity index (χ2v) is 6.61. The van der Waals surface area contributed by atoms with E-state index in [4.69, 9.17) is 4.74 Å². The molecule has 0 radical (unpaired) electrons. The Morgan fingerprint density at radius 3 is 2.69 bits per heavy atom. The average Bonchev–Trinajstić information content (AvgIpc) is 2.95. The zero-order chi connectivity index (χ0) is 19.1. The summed E-state index contributed by atoms with van der Waals surface area (Å²) in [6.07, 6.45) is 1.79. The van der Waals surface area contributed by atoms with Crippen LogP contribution in [0.4, 0.5) is 13.9 Å². The van der Waals surface area contributed by atoms with Crippen molar-refractivity contribution in [3.8, 4) is 17.0 Å². The van der Waals surface area contributed by atoms with Gasteiger partial charge in [0.2, 0.25) is 0 Å². The second kappa shape index (κ2) is 9.40. The van der Waals surface area contributed by atoms with E-state index in [1.165, 1.54) is 23.5 Å². The molecule has 0 saturated heterocycles. The fraction of sp³-hybridized carbons (Fsp3) is 0.333. The number of amides is 1. The van der Waals surface area contributed by atoms with Crippen LogP contribution in [-0.4, -0.2) is 30.2 Å². The normalized spacial score (nSPS) is 12.0. The molecule has 1 atom stereocenters. The molecule has 0 saturated carbocycles. The predicted molar refractivity (Wildman–Crippen MR) is 97.8 cm³/mol. The Hall–Kier alpha value is -2.32. The van der Waals surface area contributed by atoms with Crippen LogP contribution in [0.15, 0.2) is 36.9 Å². The summed E-state index contributed by atoms with van der Waals surface area (Å²) in [5, 5.41) is 3.18. The van der Waals surface area contributed by atoms with Gasteiger partial charge in [-0.1, -0.05) is 6.08 Å². The van der Waals surface area contributed by atoms with Gasteiger partial charge in [0.05, 0.1) is 12.3 Å². The van der Waals surface area contributed by atoms with Crippen LogP contribution in [-0.2, 0) is 9.53 Å². The van der Waals surface area contributed by atoms with E-state index in [-0.39, 0.29) is 11.7 Å². The standard InChI is InChI=1S/C18H20F2N2O3S/c1-4-5-10-24-11(2)16(23)22-18-21-15(12(3)26-18)13-6-8-14(9-7-13)25-17(19)20/h4,6-9,11,17H,1,5,10H2,2-3H3,(H,21,22,23). The van der Waals surface area contributed by atoms with E-state index in [0.29, 0.717) is 23.9 Å². The van der Waals surface area contributed by atoms with Crippen molar-refractivity contribution in [2.45, 2.75) is 33.0 Å². The van der Waals surface area contributed by atoms with Crippen LogP contribution in [0.2, 0.25) is 0 Å². The molecule has 0 aliphatic carbocycles. The maximum atomic E-state index is 12.2. The number of ether oxygens (including phenoxy) is 2. The molecule has 140 valence electrons. The smallest absolute Gasteiger partial charge is 0.387 e. The van der Waals surface area contributed by atoms with E-state index >= 15 is 0 Å². The Morgan fingerprint density at radius 1 is 1.38 bits per heavy atom. The summed E-state index contributed by atoms with van der Waals surface area (Å²) in [6.45, 7) is 4.70. The summed E-state index contributed by atoms with van der Waals surface area (Å²) in [5.41, 5.74) is 1.42. The van der Waals surface area contributed by atoms with Gasteiger partial charge in [-0.05, 0) is 44.5 Å². The number of rotatable bonds is 9. The summed E-state index contributed by atoms with van der Waals surface area (Å²) in [7, 11) is 0. The Balaban J connectivity index is 2.04. The van der Waals surface area contributed by atoms with Gasteiger partial charge in [-0.25, -0.2) is 4.98 Å². The van der Waals surface area contributed by atoms with Gasteiger partial charge in [-0.2, -0.15) is 8.78 Å². The highest BCUT2D eigenvalue weighted by molar-refractivity contribution is 7.16. The molecule has 0 spiro atoms. The molecule has 0 fully saturated rings. The molecule has 1 aromatic carbocycles. The van der Waals surface area contributed by atoms with Crippen LogP contribution in [0.25, 0.3) is 11.3 Å². The number of halogens is 2. The molecule has 2 aromatic rings. The average molecular weight is 382 g/mol. The van der Waals surface area contributed by atoms with Crippen LogP contribution in [0, 0.1) is 6.92 Å². The van der Waals surface area contributed by atoms with E-state index < -0.39 is 12.7 Å². The number of hydrogen-bond donors (Lipinski definition) is 1. The van der Waals surface area contributed by atoms with Gasteiger partial charge >= 0.3 is 6.61 Å². The van der Waals surface area contributed by atoms with Gasteiger partial charge in [0.25, 0.3) is 5.91 Å². The number of nitrogens with one attached hydrogen (secondary N) is 1. The number of anilines is 1. The van der Waals surface area contributed by atoms with Gasteiger partial charge in [0, 0.05) is 10.4 Å². The van der Waals surface area contributed by atoms with Crippen molar-refractivity contribution in [1.29, 1.82) is 0 Å². The minimum Gasteiger partial charge on any atom is -0.435 e. The third-order valence-corrected chi connectivity index (χ3v) is 4.32. The molecule has 1 heterocycles. The van der Waals surface area contributed by atoms with Gasteiger partial charge in [0.15, 0.2) is 5.13 Å². The third-order valence-electron chi connectivity index (χ3n) is 3.44. The molecule has 1 N–H and O–H groups in total. The van der Waals surface area contributed by atoms with Crippen molar-refractivity contribution in [3.05, 3.63) is 41.8 Å². The largest absolute Gasteiger partial charge is 0.435 e. The SMILES string of the molecule is C=CCCOC(C)C(=O)Nc1nc(-c2ccc(OC(F)F)cc2)c(C)s1. The zero-order valence-electron chi connectivity index (χ0n) is 14.5. The lowest BCUT2D eigenvalue weighted by molar-refractivity contribution is -0.126. The molecule has 26 heavy (non-hydrogen) atoms. The first-order valence-corrected chi connectivity index (χ1v) is 8.78. The number of thiazole rings is 1. The highest BCUT2D eigenvalue weighted by Gasteiger charge is 2.17. The van der Waals surface area contributed by atoms with Crippen LogP contribution < -0.4 is 10.1 Å². The van der Waals surface area contributed by atoms with Gasteiger partial charge in [-0.15, -0.1) is 17.9 Å².